The molecule has 57 heavy (non-hydrogen) atoms. The zero-order valence-corrected chi connectivity index (χ0v) is 34.8. The normalized spacial score (nSPS) is 22.3. The van der Waals surface area contributed by atoms with Crippen molar-refractivity contribution in [3.63, 3.8) is 0 Å². The summed E-state index contributed by atoms with van der Waals surface area (Å²) in [4.78, 5) is 12.8. The van der Waals surface area contributed by atoms with Gasteiger partial charge in [-0.05, 0) is 89.9 Å². The van der Waals surface area contributed by atoms with Gasteiger partial charge in [-0.2, -0.15) is 0 Å². The van der Waals surface area contributed by atoms with Crippen molar-refractivity contribution in [3.8, 4) is 0 Å². The molecule has 1 aliphatic heterocycles. The van der Waals surface area contributed by atoms with Gasteiger partial charge in [0.15, 0.2) is 6.29 Å². The largest absolute Gasteiger partial charge is 0.394 e. The van der Waals surface area contributed by atoms with Crippen LogP contribution in [0.1, 0.15) is 117 Å². The number of hydrogen-bond donors (Lipinski definition) is 6. The molecule has 9 heteroatoms. The molecule has 0 radical (unpaired) electrons. The van der Waals surface area contributed by atoms with E-state index in [1.165, 1.54) is 0 Å². The first kappa shape index (κ1) is 51.6. The Hall–Kier alpha value is -3.41. The molecule has 0 aromatic carbocycles. The number of aliphatic hydroxyl groups is 5. The third kappa shape index (κ3) is 27.8. The van der Waals surface area contributed by atoms with Crippen LogP contribution >= 0.6 is 0 Å². The first-order chi connectivity index (χ1) is 27.8. The number of nitrogens with one attached hydrogen (secondary N) is 1. The zero-order valence-electron chi connectivity index (χ0n) is 34.8. The van der Waals surface area contributed by atoms with Gasteiger partial charge < -0.3 is 40.3 Å². The number of hydrogen-bond acceptors (Lipinski definition) is 8. The number of unbranched alkanes of at least 4 members (excludes halogenated alkanes) is 4. The van der Waals surface area contributed by atoms with Gasteiger partial charge in [-0.25, -0.2) is 0 Å². The lowest BCUT2D eigenvalue weighted by Crippen LogP contribution is -2.60. The SMILES string of the molecule is CC/C=C\C/C=C\C/C=C\C/C=C\C/C=C\C/C=C\C/C=C\C/C=C\CCCCC(=O)NC(COC1OC(CO)C(O)C(O)C1O)C(O)/C=C/CC/C=C/CCC. The molecule has 1 aliphatic rings. The average molecular weight is 794 g/mol. The maximum absolute atomic E-state index is 12.8. The average Bonchev–Trinajstić information content (AvgIpc) is 3.21. The highest BCUT2D eigenvalue weighted by atomic mass is 16.7. The summed E-state index contributed by atoms with van der Waals surface area (Å²) in [6, 6.07) is -0.851. The minimum atomic E-state index is -1.59. The van der Waals surface area contributed by atoms with Crippen molar-refractivity contribution >= 4 is 5.91 Å². The number of allylic oxidation sites excluding steroid dienone is 19. The molecule has 1 fully saturated rings. The Balaban J connectivity index is 2.32. The van der Waals surface area contributed by atoms with Crippen molar-refractivity contribution in [3.05, 3.63) is 122 Å². The van der Waals surface area contributed by atoms with Gasteiger partial charge in [-0.1, -0.05) is 142 Å². The zero-order chi connectivity index (χ0) is 41.6. The van der Waals surface area contributed by atoms with Crippen molar-refractivity contribution in [2.45, 2.75) is 159 Å². The van der Waals surface area contributed by atoms with Gasteiger partial charge in [0.2, 0.25) is 5.91 Å². The van der Waals surface area contributed by atoms with E-state index in [-0.39, 0.29) is 18.9 Å². The molecule has 7 unspecified atom stereocenters. The number of rotatable bonds is 32. The quantitative estimate of drug-likeness (QED) is 0.0294. The van der Waals surface area contributed by atoms with Gasteiger partial charge in [-0.3, -0.25) is 4.79 Å². The third-order valence-electron chi connectivity index (χ3n) is 9.00. The van der Waals surface area contributed by atoms with Crippen LogP contribution in [0, 0.1) is 0 Å². The van der Waals surface area contributed by atoms with Crippen LogP contribution in [0.3, 0.4) is 0 Å². The molecule has 1 saturated heterocycles. The smallest absolute Gasteiger partial charge is 0.220 e. The Morgan fingerprint density at radius 1 is 0.614 bits per heavy atom. The van der Waals surface area contributed by atoms with Crippen LogP contribution in [0.4, 0.5) is 0 Å². The first-order valence-electron chi connectivity index (χ1n) is 21.3. The van der Waals surface area contributed by atoms with E-state index in [1.54, 1.807) is 6.08 Å². The highest BCUT2D eigenvalue weighted by Crippen LogP contribution is 2.22. The number of aliphatic hydroxyl groups excluding tert-OH is 5. The predicted molar refractivity (Wildman–Crippen MR) is 234 cm³/mol. The number of carbonyl (C=O) groups is 1. The molecule has 9 nitrogen and oxygen atoms in total. The van der Waals surface area contributed by atoms with Crippen molar-refractivity contribution in [2.24, 2.45) is 0 Å². The summed E-state index contributed by atoms with van der Waals surface area (Å²) >= 11 is 0. The van der Waals surface area contributed by atoms with E-state index in [4.69, 9.17) is 9.47 Å². The highest BCUT2D eigenvalue weighted by Gasteiger charge is 2.44. The Morgan fingerprint density at radius 3 is 1.60 bits per heavy atom. The highest BCUT2D eigenvalue weighted by molar-refractivity contribution is 5.76. The van der Waals surface area contributed by atoms with Crippen LogP contribution in [-0.4, -0.2) is 87.5 Å². The molecular weight excluding hydrogens is 719 g/mol. The molecule has 0 aromatic rings. The Morgan fingerprint density at radius 2 is 1.09 bits per heavy atom. The van der Waals surface area contributed by atoms with Gasteiger partial charge in [0.05, 0.1) is 25.4 Å². The summed E-state index contributed by atoms with van der Waals surface area (Å²) in [5.41, 5.74) is 0. The monoisotopic (exact) mass is 794 g/mol. The first-order valence-corrected chi connectivity index (χ1v) is 21.3. The Bertz CT molecular complexity index is 1290. The summed E-state index contributed by atoms with van der Waals surface area (Å²) in [5, 5.41) is 53.7. The van der Waals surface area contributed by atoms with Gasteiger partial charge in [-0.15, -0.1) is 0 Å². The van der Waals surface area contributed by atoms with E-state index in [0.29, 0.717) is 6.42 Å². The standard InChI is InChI=1S/C48H75NO8/c1-3-5-7-9-11-12-13-14-15-16-17-18-19-20-21-22-23-24-25-26-27-28-29-30-32-34-36-38-44(52)49-41(42(51)37-35-33-31-10-8-6-4-2)40-56-48-47(55)46(54)45(53)43(39-50)57-48/h5,7-8,10-12,14-15,17-18,20-21,23-24,26-27,29-30,35,37,41-43,45-48,50-51,53-55H,3-4,6,9,13,16,19,22,25,28,31-34,36,38-40H2,1-2H3,(H,49,52)/b7-5-,10-8+,12-11-,15-14-,18-17-,21-20-,24-23-,27-26-,30-29-,37-35+. The summed E-state index contributed by atoms with van der Waals surface area (Å²) in [5.74, 6) is -0.242. The van der Waals surface area contributed by atoms with Crippen LogP contribution in [-0.2, 0) is 14.3 Å². The van der Waals surface area contributed by atoms with E-state index >= 15 is 0 Å². The molecule has 7 atom stereocenters. The number of amides is 1. The van der Waals surface area contributed by atoms with Crippen LogP contribution in [0.15, 0.2) is 122 Å². The second-order valence-electron chi connectivity index (χ2n) is 14.0. The molecule has 0 spiro atoms. The molecule has 320 valence electrons. The lowest BCUT2D eigenvalue weighted by Gasteiger charge is -2.40. The maximum atomic E-state index is 12.8. The van der Waals surface area contributed by atoms with E-state index in [2.05, 4.69) is 129 Å². The van der Waals surface area contributed by atoms with E-state index < -0.39 is 49.5 Å². The van der Waals surface area contributed by atoms with Crippen LogP contribution in [0.25, 0.3) is 0 Å². The summed E-state index contributed by atoms with van der Waals surface area (Å²) in [7, 11) is 0. The summed E-state index contributed by atoms with van der Waals surface area (Å²) in [6.07, 6.45) is 48.5. The number of ether oxygens (including phenoxy) is 2. The van der Waals surface area contributed by atoms with Gasteiger partial charge in [0.25, 0.3) is 0 Å². The Kier molecular flexibility index (Phi) is 33.4. The fraction of sp³-hybridized carbons (Fsp3) is 0.562. The fourth-order valence-corrected chi connectivity index (χ4v) is 5.60. The van der Waals surface area contributed by atoms with Gasteiger partial charge in [0, 0.05) is 6.42 Å². The van der Waals surface area contributed by atoms with E-state index in [9.17, 15) is 30.3 Å². The second kappa shape index (κ2) is 36.9. The van der Waals surface area contributed by atoms with E-state index in [1.807, 2.05) is 6.08 Å². The molecule has 0 aromatic heterocycles. The predicted octanol–water partition coefficient (Wildman–Crippen LogP) is 8.49. The Labute approximate surface area is 344 Å². The molecular formula is C48H75NO8. The van der Waals surface area contributed by atoms with Crippen molar-refractivity contribution in [2.75, 3.05) is 13.2 Å². The van der Waals surface area contributed by atoms with Gasteiger partial charge >= 0.3 is 0 Å². The number of carbonyl (C=O) groups excluding carboxylic acids is 1. The molecule has 1 rings (SSSR count). The third-order valence-corrected chi connectivity index (χ3v) is 9.00. The second-order valence-corrected chi connectivity index (χ2v) is 14.0. The fourth-order valence-electron chi connectivity index (χ4n) is 5.60. The molecule has 0 aliphatic carbocycles. The molecule has 0 bridgehead atoms. The summed E-state index contributed by atoms with van der Waals surface area (Å²) < 4.78 is 11.1. The van der Waals surface area contributed by atoms with Crippen molar-refractivity contribution < 1.29 is 39.8 Å². The molecule has 1 heterocycles. The lowest BCUT2D eigenvalue weighted by atomic mass is 9.99. The molecule has 6 N–H and O–H groups in total. The van der Waals surface area contributed by atoms with Crippen molar-refractivity contribution in [1.29, 1.82) is 0 Å². The topological polar surface area (TPSA) is 149 Å². The minimum Gasteiger partial charge on any atom is -0.394 e. The maximum Gasteiger partial charge on any atom is 0.220 e. The lowest BCUT2D eigenvalue weighted by molar-refractivity contribution is -0.302. The van der Waals surface area contributed by atoms with Crippen LogP contribution in [0.5, 0.6) is 0 Å². The molecule has 0 saturated carbocycles. The van der Waals surface area contributed by atoms with Gasteiger partial charge in [0.1, 0.15) is 24.4 Å². The van der Waals surface area contributed by atoms with Crippen LogP contribution in [0.2, 0.25) is 0 Å². The molecule has 1 amide bonds. The van der Waals surface area contributed by atoms with E-state index in [0.717, 1.165) is 89.9 Å². The van der Waals surface area contributed by atoms with Crippen LogP contribution < -0.4 is 5.32 Å². The van der Waals surface area contributed by atoms with Crippen molar-refractivity contribution in [1.82, 2.24) is 5.32 Å². The summed E-state index contributed by atoms with van der Waals surface area (Å²) in [6.45, 7) is 3.46. The minimum absolute atomic E-state index is 0.229.